The van der Waals surface area contributed by atoms with Crippen LogP contribution in [0.4, 0.5) is 10.5 Å². The van der Waals surface area contributed by atoms with E-state index in [0.717, 1.165) is 39.3 Å². The van der Waals surface area contributed by atoms with Gasteiger partial charge in [0.25, 0.3) is 5.69 Å². The fourth-order valence-electron chi connectivity index (χ4n) is 4.98. The highest BCUT2D eigenvalue weighted by Gasteiger charge is 2.39. The van der Waals surface area contributed by atoms with Crippen LogP contribution in [0, 0.1) is 10.1 Å². The minimum absolute atomic E-state index is 0.0588. The van der Waals surface area contributed by atoms with Crippen LogP contribution in [-0.4, -0.2) is 76.0 Å². The van der Waals surface area contributed by atoms with Crippen LogP contribution in [0.5, 0.6) is 0 Å². The van der Waals surface area contributed by atoms with Crippen LogP contribution in [-0.2, 0) is 11.3 Å². The normalized spacial score (nSPS) is 19.1. The van der Waals surface area contributed by atoms with Gasteiger partial charge in [0.2, 0.25) is 0 Å². The number of carbonyl (C=O) groups is 2. The zero-order valence-corrected chi connectivity index (χ0v) is 21.4. The topological polar surface area (TPSA) is 119 Å². The molecule has 11 heteroatoms. The number of carbonyl (C=O) groups excluding carboxylic acids is 1. The fraction of sp³-hybridized carbons (Fsp3) is 0.385. The molecule has 37 heavy (non-hydrogen) atoms. The van der Waals surface area contributed by atoms with E-state index >= 15 is 0 Å². The Morgan fingerprint density at radius 3 is 2.41 bits per heavy atom. The molecule has 2 aliphatic rings. The third-order valence-corrected chi connectivity index (χ3v) is 7.27. The highest BCUT2D eigenvalue weighted by Crippen LogP contribution is 2.40. The molecule has 1 fully saturated rings. The number of hydrogen-bond acceptors (Lipinski definition) is 6. The summed E-state index contributed by atoms with van der Waals surface area (Å²) in [4.78, 5) is 42.1. The van der Waals surface area contributed by atoms with Gasteiger partial charge in [-0.25, -0.2) is 9.59 Å². The number of rotatable bonds is 9. The molecule has 0 aromatic heterocycles. The zero-order valence-electron chi connectivity index (χ0n) is 20.6. The number of carboxylic acids is 1. The van der Waals surface area contributed by atoms with Crippen LogP contribution in [0.3, 0.4) is 0 Å². The highest BCUT2D eigenvalue weighted by atomic mass is 35.5. The molecular formula is C26H30ClN5O5. The summed E-state index contributed by atoms with van der Waals surface area (Å²) in [5.41, 5.74) is 1.31. The largest absolute Gasteiger partial charge is 0.478 e. The lowest BCUT2D eigenvalue weighted by atomic mass is 9.93. The first kappa shape index (κ1) is 26.6. The van der Waals surface area contributed by atoms with E-state index in [1.165, 1.54) is 35.6 Å². The number of nitro groups is 1. The van der Waals surface area contributed by atoms with Crippen molar-refractivity contribution in [1.29, 1.82) is 0 Å². The summed E-state index contributed by atoms with van der Waals surface area (Å²) in [6.45, 7) is 7.11. The van der Waals surface area contributed by atoms with E-state index in [1.807, 2.05) is 18.2 Å². The van der Waals surface area contributed by atoms with Gasteiger partial charge in [-0.15, -0.1) is 0 Å². The molecule has 2 heterocycles. The molecule has 0 bridgehead atoms. The number of hydrogen-bond donors (Lipinski definition) is 2. The summed E-state index contributed by atoms with van der Waals surface area (Å²) in [7, 11) is 0. The number of nitro benzene ring substituents is 1. The lowest BCUT2D eigenvalue weighted by Crippen LogP contribution is -2.50. The summed E-state index contributed by atoms with van der Waals surface area (Å²) in [6.07, 6.45) is 0.612. The van der Waals surface area contributed by atoms with E-state index in [9.17, 15) is 24.8 Å². The molecule has 1 atom stereocenters. The van der Waals surface area contributed by atoms with Crippen molar-refractivity contribution in [3.05, 3.63) is 86.1 Å². The molecule has 0 aliphatic carbocycles. The Morgan fingerprint density at radius 1 is 1.08 bits per heavy atom. The minimum Gasteiger partial charge on any atom is -0.478 e. The predicted octanol–water partition coefficient (Wildman–Crippen LogP) is 3.88. The standard InChI is InChI=1S/C26H30ClN5O5/c1-18-22(25(33)34)24(20-9-5-10-21(23(20)27)32(36)37)31(26(35)28-18)12-6-11-29-13-15-30(16-14-29)17-19-7-3-2-4-8-19/h2-5,7-10,24H,6,11-17H2,1H3,(H,28,35)(H,33,34). The van der Waals surface area contributed by atoms with E-state index in [0.29, 0.717) is 6.42 Å². The quantitative estimate of drug-likeness (QED) is 0.375. The summed E-state index contributed by atoms with van der Waals surface area (Å²) in [5.74, 6) is -1.22. The van der Waals surface area contributed by atoms with E-state index in [4.69, 9.17) is 11.6 Å². The molecule has 0 spiro atoms. The van der Waals surface area contributed by atoms with Crippen LogP contribution < -0.4 is 5.32 Å². The molecule has 2 aromatic rings. The van der Waals surface area contributed by atoms with E-state index < -0.39 is 23.0 Å². The molecule has 2 amide bonds. The predicted molar refractivity (Wildman–Crippen MR) is 139 cm³/mol. The Hall–Kier alpha value is -3.47. The Kier molecular flexibility index (Phi) is 8.42. The van der Waals surface area contributed by atoms with Crippen LogP contribution in [0.2, 0.25) is 5.02 Å². The first-order valence-corrected chi connectivity index (χ1v) is 12.6. The molecule has 2 aromatic carbocycles. The van der Waals surface area contributed by atoms with Gasteiger partial charge in [0.1, 0.15) is 5.02 Å². The molecule has 196 valence electrons. The van der Waals surface area contributed by atoms with Crippen molar-refractivity contribution in [3.63, 3.8) is 0 Å². The Morgan fingerprint density at radius 2 is 1.76 bits per heavy atom. The van der Waals surface area contributed by atoms with E-state index in [2.05, 4.69) is 27.2 Å². The van der Waals surface area contributed by atoms with Crippen molar-refractivity contribution in [1.82, 2.24) is 20.0 Å². The van der Waals surface area contributed by atoms with Crippen molar-refractivity contribution in [3.8, 4) is 0 Å². The third kappa shape index (κ3) is 6.10. The average molecular weight is 528 g/mol. The van der Waals surface area contributed by atoms with Crippen LogP contribution in [0.1, 0.15) is 30.5 Å². The van der Waals surface area contributed by atoms with Gasteiger partial charge in [0, 0.05) is 56.6 Å². The van der Waals surface area contributed by atoms with Gasteiger partial charge in [0.05, 0.1) is 16.5 Å². The summed E-state index contributed by atoms with van der Waals surface area (Å²) >= 11 is 6.37. The number of halogens is 1. The molecule has 2 N–H and O–H groups in total. The SMILES string of the molecule is CC1=C(C(=O)O)C(c2cccc([N+](=O)[O-])c2Cl)N(CCCN2CCN(Cc3ccccc3)CC2)C(=O)N1. The van der Waals surface area contributed by atoms with Crippen molar-refractivity contribution < 1.29 is 19.6 Å². The van der Waals surface area contributed by atoms with Crippen molar-refractivity contribution in [2.24, 2.45) is 0 Å². The first-order chi connectivity index (χ1) is 17.8. The van der Waals surface area contributed by atoms with Crippen LogP contribution in [0.15, 0.2) is 59.8 Å². The fourth-order valence-corrected chi connectivity index (χ4v) is 5.27. The zero-order chi connectivity index (χ0) is 26.5. The van der Waals surface area contributed by atoms with Crippen LogP contribution in [0.25, 0.3) is 0 Å². The Labute approximate surface area is 220 Å². The van der Waals surface area contributed by atoms with Gasteiger partial charge in [-0.05, 0) is 25.5 Å². The number of amides is 2. The molecule has 10 nitrogen and oxygen atoms in total. The maximum absolute atomic E-state index is 13.0. The number of aliphatic carboxylic acids is 1. The molecule has 1 saturated heterocycles. The molecule has 4 rings (SSSR count). The maximum Gasteiger partial charge on any atom is 0.335 e. The van der Waals surface area contributed by atoms with Gasteiger partial charge in [-0.1, -0.05) is 54.1 Å². The van der Waals surface area contributed by atoms with Gasteiger partial charge in [-0.2, -0.15) is 0 Å². The van der Waals surface area contributed by atoms with E-state index in [1.54, 1.807) is 0 Å². The number of urea groups is 1. The molecule has 0 saturated carbocycles. The lowest BCUT2D eigenvalue weighted by Gasteiger charge is -2.38. The van der Waals surface area contributed by atoms with Gasteiger partial charge < -0.3 is 20.2 Å². The van der Waals surface area contributed by atoms with Crippen molar-refractivity contribution >= 4 is 29.3 Å². The molecule has 2 aliphatic heterocycles. The minimum atomic E-state index is -1.22. The Balaban J connectivity index is 1.44. The monoisotopic (exact) mass is 527 g/mol. The maximum atomic E-state index is 13.0. The lowest BCUT2D eigenvalue weighted by molar-refractivity contribution is -0.384. The number of piperazine rings is 1. The number of carboxylic acid groups (broad SMARTS) is 1. The summed E-state index contributed by atoms with van der Waals surface area (Å²) in [6, 6.07) is 13.1. The van der Waals surface area contributed by atoms with Crippen molar-refractivity contribution in [2.75, 3.05) is 39.3 Å². The number of allylic oxidation sites excluding steroid dienone is 1. The second-order valence-corrected chi connectivity index (χ2v) is 9.64. The average Bonchev–Trinajstić information content (AvgIpc) is 2.86. The molecule has 1 unspecified atom stereocenters. The Bertz CT molecular complexity index is 1200. The van der Waals surface area contributed by atoms with E-state index in [-0.39, 0.29) is 34.1 Å². The second-order valence-electron chi connectivity index (χ2n) is 9.26. The summed E-state index contributed by atoms with van der Waals surface area (Å²) < 4.78 is 0. The van der Waals surface area contributed by atoms with Gasteiger partial charge >= 0.3 is 12.0 Å². The highest BCUT2D eigenvalue weighted by molar-refractivity contribution is 6.33. The second kappa shape index (κ2) is 11.7. The summed E-state index contributed by atoms with van der Waals surface area (Å²) in [5, 5.41) is 23.8. The number of benzene rings is 2. The third-order valence-electron chi connectivity index (χ3n) is 6.86. The smallest absolute Gasteiger partial charge is 0.335 e. The number of nitrogens with zero attached hydrogens (tertiary/aromatic N) is 4. The molecule has 0 radical (unpaired) electrons. The first-order valence-electron chi connectivity index (χ1n) is 12.2. The van der Waals surface area contributed by atoms with Gasteiger partial charge in [-0.3, -0.25) is 15.0 Å². The van der Waals surface area contributed by atoms with Gasteiger partial charge in [0.15, 0.2) is 0 Å². The molecular weight excluding hydrogens is 498 g/mol. The number of nitrogens with one attached hydrogen (secondary N) is 1. The van der Waals surface area contributed by atoms with Crippen LogP contribution >= 0.6 is 11.6 Å². The van der Waals surface area contributed by atoms with Crippen molar-refractivity contribution in [2.45, 2.75) is 25.9 Å².